The first-order chi connectivity index (χ1) is 6.26. The molecule has 0 aliphatic carbocycles. The monoisotopic (exact) mass is 217 g/mol. The van der Waals surface area contributed by atoms with E-state index in [0.717, 1.165) is 0 Å². The first-order valence-electron chi connectivity index (χ1n) is 5.47. The molecule has 0 amide bonds. The van der Waals surface area contributed by atoms with Crippen LogP contribution in [0.4, 0.5) is 0 Å². The second-order valence-corrected chi connectivity index (χ2v) is 4.95. The van der Waals surface area contributed by atoms with E-state index in [0.29, 0.717) is 18.8 Å². The second-order valence-electron chi connectivity index (χ2n) is 4.95. The summed E-state index contributed by atoms with van der Waals surface area (Å²) in [5, 5.41) is 11.3. The van der Waals surface area contributed by atoms with E-state index in [9.17, 15) is 9.90 Å². The molecule has 4 N–H and O–H groups in total. The molecule has 0 fully saturated rings. The van der Waals surface area contributed by atoms with E-state index in [1.54, 1.807) is 0 Å². The van der Waals surface area contributed by atoms with Crippen molar-refractivity contribution in [3.8, 4) is 0 Å². The van der Waals surface area contributed by atoms with Crippen LogP contribution in [0.1, 0.15) is 54.4 Å². The fraction of sp³-hybridized carbons (Fsp3) is 0.917. The highest BCUT2D eigenvalue weighted by Crippen LogP contribution is 2.49. The van der Waals surface area contributed by atoms with E-state index in [2.05, 4.69) is 13.8 Å². The summed E-state index contributed by atoms with van der Waals surface area (Å²) in [5.74, 6) is -0.568. The molecular weight excluding hydrogens is 190 g/mol. The summed E-state index contributed by atoms with van der Waals surface area (Å²) < 4.78 is 0. The smallest absolute Gasteiger partial charge is 0.0481 e. The zero-order valence-corrected chi connectivity index (χ0v) is 11.3. The number of hydrogen-bond donors (Lipinski definition) is 1. The van der Waals surface area contributed by atoms with Crippen LogP contribution in [0.3, 0.4) is 0 Å². The van der Waals surface area contributed by atoms with Crippen LogP contribution in [-0.4, -0.2) is 5.97 Å². The standard InChI is InChI=1S/C12H24O2.H3N/c1-7-12(8-2,10(13)14)11(5,6)9(3)4;/h9H,7-8H2,1-6H3,(H,13,14);1H3. The number of carboxylic acid groups (broad SMARTS) is 1. The van der Waals surface area contributed by atoms with Crippen molar-refractivity contribution in [2.24, 2.45) is 16.7 Å². The van der Waals surface area contributed by atoms with Crippen molar-refractivity contribution in [1.82, 2.24) is 6.15 Å². The zero-order valence-electron chi connectivity index (χ0n) is 11.3. The minimum Gasteiger partial charge on any atom is -0.550 e. The Hall–Kier alpha value is -0.570. The largest absolute Gasteiger partial charge is 0.550 e. The number of carbonyl (C=O) groups excluding carboxylic acids is 1. The van der Waals surface area contributed by atoms with Gasteiger partial charge in [0.25, 0.3) is 0 Å². The third kappa shape index (κ3) is 2.51. The highest BCUT2D eigenvalue weighted by Gasteiger charge is 2.45. The summed E-state index contributed by atoms with van der Waals surface area (Å²) >= 11 is 0. The molecule has 0 aromatic rings. The maximum atomic E-state index is 11.3. The van der Waals surface area contributed by atoms with Gasteiger partial charge in [-0.1, -0.05) is 41.5 Å². The van der Waals surface area contributed by atoms with Crippen molar-refractivity contribution < 1.29 is 9.90 Å². The second kappa shape index (κ2) is 5.50. The van der Waals surface area contributed by atoms with Gasteiger partial charge < -0.3 is 16.1 Å². The third-order valence-electron chi connectivity index (χ3n) is 4.27. The molecule has 0 radical (unpaired) electrons. The minimum atomic E-state index is -0.902. The molecule has 0 aromatic carbocycles. The van der Waals surface area contributed by atoms with Gasteiger partial charge in [0.1, 0.15) is 0 Å². The summed E-state index contributed by atoms with van der Waals surface area (Å²) in [6, 6.07) is 0. The normalized spacial score (nSPS) is 12.5. The topological polar surface area (TPSA) is 76.6 Å². The lowest BCUT2D eigenvalue weighted by molar-refractivity contribution is -0.327. The van der Waals surface area contributed by atoms with Gasteiger partial charge in [-0.25, -0.2) is 0 Å². The number of rotatable bonds is 5. The van der Waals surface area contributed by atoms with Gasteiger partial charge in [0, 0.05) is 11.4 Å². The summed E-state index contributed by atoms with van der Waals surface area (Å²) in [7, 11) is 0. The Kier molecular flexibility index (Phi) is 6.17. The van der Waals surface area contributed by atoms with Crippen molar-refractivity contribution in [2.75, 3.05) is 0 Å². The Labute approximate surface area is 93.8 Å². The van der Waals surface area contributed by atoms with Crippen LogP contribution in [0.25, 0.3) is 0 Å². The molecule has 0 aromatic heterocycles. The summed E-state index contributed by atoms with van der Waals surface area (Å²) in [6.07, 6.45) is 1.27. The van der Waals surface area contributed by atoms with E-state index in [1.807, 2.05) is 27.7 Å². The van der Waals surface area contributed by atoms with E-state index in [1.165, 1.54) is 0 Å². The molecule has 0 heterocycles. The maximum Gasteiger partial charge on any atom is 0.0481 e. The molecule has 15 heavy (non-hydrogen) atoms. The van der Waals surface area contributed by atoms with Gasteiger partial charge in [-0.2, -0.15) is 0 Å². The van der Waals surface area contributed by atoms with E-state index in [-0.39, 0.29) is 11.6 Å². The van der Waals surface area contributed by atoms with Gasteiger partial charge in [0.2, 0.25) is 0 Å². The number of hydrogen-bond acceptors (Lipinski definition) is 2. The molecule has 0 aliphatic heterocycles. The Balaban J connectivity index is 0. The van der Waals surface area contributed by atoms with Gasteiger partial charge in [-0.05, 0) is 24.2 Å². The number of quaternary nitrogens is 1. The molecule has 3 heteroatoms. The number of carbonyl (C=O) groups is 1. The Morgan fingerprint density at radius 3 is 1.60 bits per heavy atom. The summed E-state index contributed by atoms with van der Waals surface area (Å²) in [5.41, 5.74) is -0.920. The predicted molar refractivity (Wildman–Crippen MR) is 62.6 cm³/mol. The molecule has 0 saturated heterocycles. The molecule has 0 atom stereocenters. The number of carboxylic acids is 1. The van der Waals surface area contributed by atoms with Crippen molar-refractivity contribution in [2.45, 2.75) is 54.4 Å². The van der Waals surface area contributed by atoms with Gasteiger partial charge >= 0.3 is 0 Å². The Bertz CT molecular complexity index is 206. The number of aliphatic carboxylic acids is 1. The van der Waals surface area contributed by atoms with Crippen LogP contribution in [0.2, 0.25) is 0 Å². The maximum absolute atomic E-state index is 11.3. The van der Waals surface area contributed by atoms with Crippen LogP contribution in [-0.2, 0) is 4.79 Å². The van der Waals surface area contributed by atoms with Crippen LogP contribution < -0.4 is 11.3 Å². The molecule has 3 nitrogen and oxygen atoms in total. The predicted octanol–water partition coefficient (Wildman–Crippen LogP) is 2.60. The quantitative estimate of drug-likeness (QED) is 0.768. The highest BCUT2D eigenvalue weighted by atomic mass is 16.4. The molecular formula is C12H27NO2. The molecule has 0 unspecified atom stereocenters. The average molecular weight is 217 g/mol. The lowest BCUT2D eigenvalue weighted by Gasteiger charge is -2.49. The van der Waals surface area contributed by atoms with E-state index in [4.69, 9.17) is 0 Å². The van der Waals surface area contributed by atoms with Crippen LogP contribution in [0, 0.1) is 16.7 Å². The lowest BCUT2D eigenvalue weighted by Crippen LogP contribution is -2.52. The van der Waals surface area contributed by atoms with Gasteiger partial charge in [-0.15, -0.1) is 0 Å². The highest BCUT2D eigenvalue weighted by molar-refractivity contribution is 5.73. The molecule has 0 rings (SSSR count). The minimum absolute atomic E-state index is 0. The molecule has 92 valence electrons. The Morgan fingerprint density at radius 1 is 1.20 bits per heavy atom. The van der Waals surface area contributed by atoms with E-state index < -0.39 is 11.4 Å². The molecule has 0 bridgehead atoms. The van der Waals surface area contributed by atoms with Crippen molar-refractivity contribution in [3.05, 3.63) is 0 Å². The molecule has 0 aliphatic rings. The fourth-order valence-electron chi connectivity index (χ4n) is 2.27. The lowest BCUT2D eigenvalue weighted by atomic mass is 9.57. The zero-order chi connectivity index (χ0) is 11.6. The first-order valence-corrected chi connectivity index (χ1v) is 5.47. The average Bonchev–Trinajstić information content (AvgIpc) is 2.05. The van der Waals surface area contributed by atoms with Gasteiger partial charge in [0.15, 0.2) is 0 Å². The SMILES string of the molecule is CCC(CC)(C(=O)[O-])C(C)(C)C(C)C.[NH4+]. The van der Waals surface area contributed by atoms with Gasteiger partial charge in [-0.3, -0.25) is 0 Å². The van der Waals surface area contributed by atoms with Gasteiger partial charge in [0.05, 0.1) is 0 Å². The Morgan fingerprint density at radius 2 is 1.53 bits per heavy atom. The summed E-state index contributed by atoms with van der Waals surface area (Å²) in [4.78, 5) is 11.3. The van der Waals surface area contributed by atoms with E-state index >= 15 is 0 Å². The van der Waals surface area contributed by atoms with Crippen molar-refractivity contribution in [3.63, 3.8) is 0 Å². The van der Waals surface area contributed by atoms with Crippen molar-refractivity contribution in [1.29, 1.82) is 0 Å². The third-order valence-corrected chi connectivity index (χ3v) is 4.27. The fourth-order valence-corrected chi connectivity index (χ4v) is 2.27. The van der Waals surface area contributed by atoms with Crippen LogP contribution >= 0.6 is 0 Å². The van der Waals surface area contributed by atoms with Crippen LogP contribution in [0.5, 0.6) is 0 Å². The van der Waals surface area contributed by atoms with Crippen LogP contribution in [0.15, 0.2) is 0 Å². The summed E-state index contributed by atoms with van der Waals surface area (Å²) in [6.45, 7) is 12.1. The first kappa shape index (κ1) is 16.8. The van der Waals surface area contributed by atoms with Crippen molar-refractivity contribution >= 4 is 5.97 Å². The molecule has 0 spiro atoms. The molecule has 0 saturated carbocycles.